The maximum Gasteiger partial charge on any atom is 0 e. The summed E-state index contributed by atoms with van der Waals surface area (Å²) in [6.07, 6.45) is 6.44. The summed E-state index contributed by atoms with van der Waals surface area (Å²) in [4.78, 5) is 0. The summed E-state index contributed by atoms with van der Waals surface area (Å²) in [7, 11) is 0. The summed E-state index contributed by atoms with van der Waals surface area (Å²) in [5.41, 5.74) is 0. The molecule has 1 radical (unpaired) electrons. The molecule has 0 saturated heterocycles. The molecule has 43 valence electrons. The van der Waals surface area contributed by atoms with Gasteiger partial charge in [-0.25, -0.2) is 12.3 Å². The van der Waals surface area contributed by atoms with E-state index >= 15 is 0 Å². The molecule has 8 heavy (non-hydrogen) atoms. The topological polar surface area (TPSA) is 0 Å². The SMILES string of the molecule is C=[C-]CC(C)[C-]=C.[Y]. The van der Waals surface area contributed by atoms with Crippen molar-refractivity contribution in [3.05, 3.63) is 25.3 Å². The van der Waals surface area contributed by atoms with Crippen LogP contribution in [0.25, 0.3) is 0 Å². The van der Waals surface area contributed by atoms with Crippen LogP contribution in [-0.4, -0.2) is 0 Å². The Morgan fingerprint density at radius 1 is 1.50 bits per heavy atom. The molecular formula is C7H10Y-2. The Kier molecular flexibility index (Phi) is 10.8. The average Bonchev–Trinajstić information content (AvgIpc) is 1.68. The van der Waals surface area contributed by atoms with Crippen LogP contribution in [0.2, 0.25) is 0 Å². The van der Waals surface area contributed by atoms with E-state index in [4.69, 9.17) is 0 Å². The van der Waals surface area contributed by atoms with Crippen molar-refractivity contribution >= 4 is 0 Å². The predicted molar refractivity (Wildman–Crippen MR) is 31.5 cm³/mol. The fourth-order valence-corrected chi connectivity index (χ4v) is 0.289. The van der Waals surface area contributed by atoms with Crippen molar-refractivity contribution < 1.29 is 32.7 Å². The number of hydrogen-bond acceptors (Lipinski definition) is 0. The van der Waals surface area contributed by atoms with Crippen LogP contribution in [0.4, 0.5) is 0 Å². The summed E-state index contributed by atoms with van der Waals surface area (Å²) in [5.74, 6) is 0.414. The Morgan fingerprint density at radius 3 is 2.12 bits per heavy atom. The van der Waals surface area contributed by atoms with E-state index in [0.29, 0.717) is 5.92 Å². The molecule has 1 unspecified atom stereocenters. The van der Waals surface area contributed by atoms with Gasteiger partial charge in [-0.15, -0.1) is 0 Å². The van der Waals surface area contributed by atoms with Gasteiger partial charge in [0.15, 0.2) is 0 Å². The van der Waals surface area contributed by atoms with Crippen LogP contribution < -0.4 is 0 Å². The van der Waals surface area contributed by atoms with Crippen LogP contribution in [0.1, 0.15) is 13.3 Å². The zero-order valence-electron chi connectivity index (χ0n) is 5.28. The van der Waals surface area contributed by atoms with E-state index in [1.165, 1.54) is 0 Å². The fraction of sp³-hybridized carbons (Fsp3) is 0.429. The Bertz CT molecular complexity index is 66.8. The van der Waals surface area contributed by atoms with Crippen molar-refractivity contribution in [1.29, 1.82) is 0 Å². The van der Waals surface area contributed by atoms with E-state index in [0.717, 1.165) is 6.42 Å². The molecule has 0 aliphatic carbocycles. The third-order valence-electron chi connectivity index (χ3n) is 0.799. The molecule has 0 aromatic rings. The Morgan fingerprint density at radius 2 is 2.00 bits per heavy atom. The molecule has 0 fully saturated rings. The van der Waals surface area contributed by atoms with Crippen molar-refractivity contribution in [1.82, 2.24) is 0 Å². The second-order valence-corrected chi connectivity index (χ2v) is 1.56. The molecule has 0 aliphatic rings. The molecule has 0 amide bonds. The standard InChI is InChI=1S/C7H10.Y/c1-4-6-7(3)5-2;/h7H,1-2,6H2,3H3;/q-2;. The van der Waals surface area contributed by atoms with Gasteiger partial charge in [0.25, 0.3) is 0 Å². The smallest absolute Gasteiger partial charge is 0 e. The number of hydrogen-bond donors (Lipinski definition) is 0. The van der Waals surface area contributed by atoms with Crippen LogP contribution in [0.5, 0.6) is 0 Å². The molecule has 0 nitrogen and oxygen atoms in total. The predicted octanol–water partition coefficient (Wildman–Crippen LogP) is 1.99. The van der Waals surface area contributed by atoms with Crippen molar-refractivity contribution in [2.24, 2.45) is 5.92 Å². The minimum Gasteiger partial charge on any atom is -0.506 e. The molecule has 0 spiro atoms. The Balaban J connectivity index is 0. The normalized spacial score (nSPS) is 11.1. The van der Waals surface area contributed by atoms with Crippen molar-refractivity contribution in [3.63, 3.8) is 0 Å². The first-order valence-electron chi connectivity index (χ1n) is 2.33. The van der Waals surface area contributed by atoms with E-state index in [9.17, 15) is 0 Å². The summed E-state index contributed by atoms with van der Waals surface area (Å²) in [5, 5.41) is 0. The van der Waals surface area contributed by atoms with Gasteiger partial charge in [0, 0.05) is 32.7 Å². The second kappa shape index (κ2) is 7.58. The summed E-state index contributed by atoms with van der Waals surface area (Å²) in [6, 6.07) is 0. The average molecular weight is 183 g/mol. The molecule has 0 heterocycles. The maximum atomic E-state index is 3.49. The number of rotatable bonds is 3. The van der Waals surface area contributed by atoms with Crippen LogP contribution in [0, 0.1) is 18.1 Å². The van der Waals surface area contributed by atoms with Gasteiger partial charge in [-0.1, -0.05) is 6.92 Å². The van der Waals surface area contributed by atoms with Gasteiger partial charge in [-0.2, -0.15) is 0 Å². The van der Waals surface area contributed by atoms with Crippen LogP contribution in [0.15, 0.2) is 13.2 Å². The van der Waals surface area contributed by atoms with Crippen LogP contribution >= 0.6 is 0 Å². The fourth-order valence-electron chi connectivity index (χ4n) is 0.289. The first-order valence-corrected chi connectivity index (χ1v) is 2.33. The van der Waals surface area contributed by atoms with Gasteiger partial charge < -0.3 is 12.2 Å². The molecule has 0 rings (SSSR count). The molecule has 0 saturated carbocycles. The quantitative estimate of drug-likeness (QED) is 0.587. The maximum absolute atomic E-state index is 3.49. The van der Waals surface area contributed by atoms with Crippen molar-refractivity contribution in [2.45, 2.75) is 13.3 Å². The van der Waals surface area contributed by atoms with Crippen molar-refractivity contribution in [2.75, 3.05) is 0 Å². The van der Waals surface area contributed by atoms with E-state index in [1.807, 2.05) is 6.92 Å². The van der Waals surface area contributed by atoms with Gasteiger partial charge in [0.05, 0.1) is 0 Å². The molecule has 1 heteroatoms. The molecule has 0 aromatic heterocycles. The van der Waals surface area contributed by atoms with Gasteiger partial charge in [-0.05, 0) is 0 Å². The van der Waals surface area contributed by atoms with Gasteiger partial charge in [0.1, 0.15) is 0 Å². The van der Waals surface area contributed by atoms with Gasteiger partial charge in [0.2, 0.25) is 0 Å². The number of allylic oxidation sites excluding steroid dienone is 2. The second-order valence-electron chi connectivity index (χ2n) is 1.56. The summed E-state index contributed by atoms with van der Waals surface area (Å²) in [6.45, 7) is 8.98. The first kappa shape index (κ1) is 11.4. The van der Waals surface area contributed by atoms with Crippen LogP contribution in [-0.2, 0) is 32.7 Å². The Labute approximate surface area is 76.9 Å². The molecule has 1 atom stereocenters. The monoisotopic (exact) mass is 183 g/mol. The molecule has 0 aliphatic heterocycles. The summed E-state index contributed by atoms with van der Waals surface area (Å²) < 4.78 is 0. The zero-order valence-corrected chi connectivity index (χ0v) is 8.11. The van der Waals surface area contributed by atoms with Crippen LogP contribution in [0.3, 0.4) is 0 Å². The van der Waals surface area contributed by atoms with E-state index in [1.54, 1.807) is 0 Å². The molecule has 0 bridgehead atoms. The zero-order chi connectivity index (χ0) is 5.70. The third-order valence-corrected chi connectivity index (χ3v) is 0.799. The van der Waals surface area contributed by atoms with E-state index in [2.05, 4.69) is 25.3 Å². The van der Waals surface area contributed by atoms with Gasteiger partial charge >= 0.3 is 0 Å². The Hall–Kier alpha value is 0.584. The van der Waals surface area contributed by atoms with E-state index < -0.39 is 0 Å². The van der Waals surface area contributed by atoms with Gasteiger partial charge in [-0.3, -0.25) is 13.2 Å². The molecule has 0 N–H and O–H groups in total. The molecule has 0 aromatic carbocycles. The minimum atomic E-state index is 0. The first-order chi connectivity index (χ1) is 3.31. The largest absolute Gasteiger partial charge is 0.506 e. The van der Waals surface area contributed by atoms with E-state index in [-0.39, 0.29) is 32.7 Å². The minimum absolute atomic E-state index is 0. The van der Waals surface area contributed by atoms with Crippen molar-refractivity contribution in [3.8, 4) is 0 Å². The molecular weight excluding hydrogens is 173 g/mol. The summed E-state index contributed by atoms with van der Waals surface area (Å²) >= 11 is 0. The third kappa shape index (κ3) is 6.58.